The number of carbonyl (C=O) groups excluding carboxylic acids is 5. The van der Waals surface area contributed by atoms with Crippen LogP contribution in [0.1, 0.15) is 71.7 Å². The summed E-state index contributed by atoms with van der Waals surface area (Å²) in [4.78, 5) is 80.9. The normalized spacial score (nSPS) is 11.5. The van der Waals surface area contributed by atoms with Crippen molar-refractivity contribution in [3.05, 3.63) is 154 Å². The van der Waals surface area contributed by atoms with E-state index in [4.69, 9.17) is 9.84 Å². The van der Waals surface area contributed by atoms with E-state index in [0.29, 0.717) is 28.1 Å². The molecule has 17 heteroatoms. The van der Waals surface area contributed by atoms with Crippen LogP contribution in [0, 0.1) is 5.92 Å². The Labute approximate surface area is 353 Å². The minimum absolute atomic E-state index is 0.0501. The van der Waals surface area contributed by atoms with Gasteiger partial charge in [0.2, 0.25) is 5.91 Å². The standard InChI is InChI=1S/C45H39N7O10/c1-25(19-26-5-14-34(53)15-6-26)38(54)20-27-3-7-28(8-4-27)39(55)22-30(21-33-24-47-52-51-33)43(58)48-31-11-9-29(10-12-31)42(57)50-36-18-16-35(40(56)41(36)62-2)44(59)49-32-13-17-37(45(60)61)46-23-32/h3-19,23-24,30,53,56H,20-22H2,1-2H3,(H,48,58)(H,49,59)(H,50,57)(H,60,61)(H,47,51,52)/b25-19+/t30-/m1/s1. The maximum Gasteiger partial charge on any atom is 0.354 e. The van der Waals surface area contributed by atoms with Crippen molar-refractivity contribution in [1.29, 1.82) is 0 Å². The van der Waals surface area contributed by atoms with Crippen molar-refractivity contribution in [3.8, 4) is 17.2 Å². The zero-order valence-electron chi connectivity index (χ0n) is 33.2. The van der Waals surface area contributed by atoms with Crippen LogP contribution in [0.4, 0.5) is 17.1 Å². The summed E-state index contributed by atoms with van der Waals surface area (Å²) in [6.45, 7) is 1.71. The Morgan fingerprint density at radius 3 is 2.10 bits per heavy atom. The summed E-state index contributed by atoms with van der Waals surface area (Å²) in [5.74, 6) is -4.96. The highest BCUT2D eigenvalue weighted by atomic mass is 16.5. The molecule has 4 aromatic carbocycles. The smallest absolute Gasteiger partial charge is 0.354 e. The van der Waals surface area contributed by atoms with Gasteiger partial charge in [0.25, 0.3) is 11.8 Å². The first-order chi connectivity index (χ1) is 29.8. The Balaban J connectivity index is 1.07. The molecule has 17 nitrogen and oxygen atoms in total. The van der Waals surface area contributed by atoms with Crippen LogP contribution >= 0.6 is 0 Å². The third-order valence-electron chi connectivity index (χ3n) is 9.56. The second kappa shape index (κ2) is 19.5. The lowest BCUT2D eigenvalue weighted by Crippen LogP contribution is -2.27. The number of phenols is 2. The maximum atomic E-state index is 13.6. The van der Waals surface area contributed by atoms with Crippen LogP contribution in [0.2, 0.25) is 0 Å². The van der Waals surface area contributed by atoms with Gasteiger partial charge in [-0.15, -0.1) is 0 Å². The third kappa shape index (κ3) is 11.0. The van der Waals surface area contributed by atoms with E-state index >= 15 is 0 Å². The van der Waals surface area contributed by atoms with Crippen LogP contribution in [0.3, 0.4) is 0 Å². The number of pyridine rings is 1. The number of nitrogens with one attached hydrogen (secondary N) is 4. The fourth-order valence-corrected chi connectivity index (χ4v) is 6.21. The molecule has 0 aliphatic rings. The molecule has 6 rings (SSSR count). The van der Waals surface area contributed by atoms with Gasteiger partial charge in [0.05, 0.1) is 48.1 Å². The second-order valence-corrected chi connectivity index (χ2v) is 14.0. The van der Waals surface area contributed by atoms with E-state index in [-0.39, 0.29) is 70.5 Å². The fraction of sp³-hybridized carbons (Fsp3) is 0.133. The van der Waals surface area contributed by atoms with Crippen molar-refractivity contribution in [1.82, 2.24) is 20.4 Å². The number of aromatic nitrogens is 4. The molecular formula is C45H39N7O10. The number of carboxylic acid groups (broad SMARTS) is 1. The SMILES string of the molecule is COc1c(NC(=O)c2ccc(NC(=O)[C@@H](CC(=O)c3ccc(CC(=O)/C(C)=C/c4ccc(O)cc4)cc3)Cc3cn[nH]n3)cc2)ccc(C(=O)Nc2ccc(C(=O)O)nc2)c1O. The Kier molecular flexibility index (Phi) is 13.6. The zero-order valence-corrected chi connectivity index (χ0v) is 33.2. The van der Waals surface area contributed by atoms with Crippen LogP contribution in [-0.4, -0.2) is 78.1 Å². The number of allylic oxidation sites excluding steroid dienone is 1. The number of aromatic carboxylic acids is 1. The monoisotopic (exact) mass is 837 g/mol. The highest BCUT2D eigenvalue weighted by molar-refractivity contribution is 6.09. The predicted molar refractivity (Wildman–Crippen MR) is 226 cm³/mol. The van der Waals surface area contributed by atoms with Crippen LogP contribution < -0.4 is 20.7 Å². The van der Waals surface area contributed by atoms with Gasteiger partial charge in [0.15, 0.2) is 23.1 Å². The minimum Gasteiger partial charge on any atom is -0.508 e. The lowest BCUT2D eigenvalue weighted by molar-refractivity contribution is -0.120. The molecule has 3 amide bonds. The lowest BCUT2D eigenvalue weighted by Gasteiger charge is -2.16. The van der Waals surface area contributed by atoms with Crippen LogP contribution in [-0.2, 0) is 22.4 Å². The number of benzene rings is 4. The first-order valence-electron chi connectivity index (χ1n) is 18.9. The molecule has 0 spiro atoms. The highest BCUT2D eigenvalue weighted by Crippen LogP contribution is 2.38. The maximum absolute atomic E-state index is 13.6. The number of carboxylic acids is 1. The Bertz CT molecular complexity index is 2640. The highest BCUT2D eigenvalue weighted by Gasteiger charge is 2.25. The summed E-state index contributed by atoms with van der Waals surface area (Å²) in [7, 11) is 1.24. The van der Waals surface area contributed by atoms with Gasteiger partial charge in [-0.3, -0.25) is 24.0 Å². The van der Waals surface area contributed by atoms with Crippen LogP contribution in [0.15, 0.2) is 115 Å². The van der Waals surface area contributed by atoms with Crippen molar-refractivity contribution in [2.75, 3.05) is 23.1 Å². The van der Waals surface area contributed by atoms with E-state index in [1.54, 1.807) is 61.5 Å². The van der Waals surface area contributed by atoms with E-state index in [2.05, 4.69) is 36.3 Å². The molecule has 2 heterocycles. The number of aromatic hydroxyl groups is 2. The average molecular weight is 838 g/mol. The number of nitrogens with zero attached hydrogens (tertiary/aromatic N) is 3. The minimum atomic E-state index is -1.24. The van der Waals surface area contributed by atoms with Gasteiger partial charge in [-0.25, -0.2) is 9.78 Å². The van der Waals surface area contributed by atoms with Crippen molar-refractivity contribution in [2.24, 2.45) is 5.92 Å². The number of aromatic amines is 1. The number of Topliss-reactive ketones (excluding diaryl/α,β-unsaturated/α-hetero) is 2. The second-order valence-electron chi connectivity index (χ2n) is 14.0. The molecule has 2 aromatic heterocycles. The molecule has 1 atom stereocenters. The molecule has 6 aromatic rings. The van der Waals surface area contributed by atoms with Crippen molar-refractivity contribution < 1.29 is 48.8 Å². The van der Waals surface area contributed by atoms with Crippen LogP contribution in [0.5, 0.6) is 17.2 Å². The number of hydrogen-bond acceptors (Lipinski definition) is 12. The molecule has 7 N–H and O–H groups in total. The van der Waals surface area contributed by atoms with Crippen molar-refractivity contribution in [3.63, 3.8) is 0 Å². The summed E-state index contributed by atoms with van der Waals surface area (Å²) < 4.78 is 5.30. The summed E-state index contributed by atoms with van der Waals surface area (Å²) in [5.41, 5.74) is 3.17. The Morgan fingerprint density at radius 1 is 0.774 bits per heavy atom. The lowest BCUT2D eigenvalue weighted by atomic mass is 9.92. The van der Waals surface area contributed by atoms with Crippen molar-refractivity contribution >= 4 is 58.4 Å². The van der Waals surface area contributed by atoms with Gasteiger partial charge in [0.1, 0.15) is 11.4 Å². The Hall–Kier alpha value is -8.47. The molecule has 0 unspecified atom stereocenters. The van der Waals surface area contributed by atoms with E-state index in [1.807, 2.05) is 0 Å². The number of methoxy groups -OCH3 is 1. The van der Waals surface area contributed by atoms with E-state index in [1.165, 1.54) is 61.8 Å². The molecule has 62 heavy (non-hydrogen) atoms. The van der Waals surface area contributed by atoms with Gasteiger partial charge >= 0.3 is 5.97 Å². The number of anilines is 3. The van der Waals surface area contributed by atoms with E-state index in [0.717, 1.165) is 11.8 Å². The number of hydrogen-bond donors (Lipinski definition) is 7. The molecular weight excluding hydrogens is 799 g/mol. The zero-order chi connectivity index (χ0) is 44.3. The fourth-order valence-electron chi connectivity index (χ4n) is 6.21. The first kappa shape index (κ1) is 43.1. The number of phenolic OH excluding ortho intramolecular Hbond substituents is 2. The molecule has 0 saturated heterocycles. The van der Waals surface area contributed by atoms with Gasteiger partial charge in [-0.1, -0.05) is 36.4 Å². The molecule has 0 aliphatic carbocycles. The Morgan fingerprint density at radius 2 is 1.47 bits per heavy atom. The van der Waals surface area contributed by atoms with E-state index in [9.17, 15) is 39.0 Å². The summed E-state index contributed by atoms with van der Waals surface area (Å²) in [6, 6.07) is 24.2. The molecule has 0 saturated carbocycles. The van der Waals surface area contributed by atoms with Crippen LogP contribution in [0.25, 0.3) is 6.08 Å². The number of ketones is 2. The predicted octanol–water partition coefficient (Wildman–Crippen LogP) is 6.11. The summed E-state index contributed by atoms with van der Waals surface area (Å²) in [5, 5.41) is 47.7. The van der Waals surface area contributed by atoms with Gasteiger partial charge in [0, 0.05) is 36.1 Å². The number of amides is 3. The van der Waals surface area contributed by atoms with Gasteiger partial charge in [-0.05, 0) is 90.4 Å². The first-order valence-corrected chi connectivity index (χ1v) is 18.9. The molecule has 314 valence electrons. The quantitative estimate of drug-likeness (QED) is 0.0405. The van der Waals surface area contributed by atoms with E-state index < -0.39 is 35.4 Å². The average Bonchev–Trinajstić information content (AvgIpc) is 3.78. The number of rotatable bonds is 17. The van der Waals surface area contributed by atoms with Gasteiger partial charge in [-0.2, -0.15) is 15.4 Å². The largest absolute Gasteiger partial charge is 0.508 e. The third-order valence-corrected chi connectivity index (χ3v) is 9.56. The van der Waals surface area contributed by atoms with Crippen molar-refractivity contribution in [2.45, 2.75) is 26.2 Å². The topological polar surface area (TPSA) is 263 Å². The number of H-pyrrole nitrogens is 1. The summed E-state index contributed by atoms with van der Waals surface area (Å²) in [6.07, 6.45) is 4.39. The number of ether oxygens (including phenoxy) is 1. The van der Waals surface area contributed by atoms with Gasteiger partial charge < -0.3 is 36.0 Å². The molecule has 0 bridgehead atoms. The molecule has 0 aliphatic heterocycles. The molecule has 0 radical (unpaired) electrons. The summed E-state index contributed by atoms with van der Waals surface area (Å²) >= 11 is 0. The molecule has 0 fully saturated rings. The number of carbonyl (C=O) groups is 6.